The monoisotopic (exact) mass is 474 g/mol. The van der Waals surface area contributed by atoms with Gasteiger partial charge in [0.2, 0.25) is 5.82 Å². The van der Waals surface area contributed by atoms with Gasteiger partial charge in [-0.15, -0.1) is 0 Å². The molecule has 0 atom stereocenters. The quantitative estimate of drug-likeness (QED) is 0.167. The predicted octanol–water partition coefficient (Wildman–Crippen LogP) is 7.61. The van der Waals surface area contributed by atoms with Gasteiger partial charge in [-0.2, -0.15) is 15.2 Å². The number of hydrogen-bond donors (Lipinski definition) is 1. The van der Waals surface area contributed by atoms with Crippen LogP contribution in [0.3, 0.4) is 0 Å². The van der Waals surface area contributed by atoms with Crippen LogP contribution in [0, 0.1) is 24.0 Å². The van der Waals surface area contributed by atoms with Crippen LogP contribution >= 0.6 is 11.6 Å². The Morgan fingerprint density at radius 2 is 1.56 bits per heavy atom. The Morgan fingerprint density at radius 1 is 0.941 bits per heavy atom. The Bertz CT molecular complexity index is 1340. The number of nitrogens with zero attached hydrogens (tertiary/aromatic N) is 5. The summed E-state index contributed by atoms with van der Waals surface area (Å²) in [7, 11) is 0. The second kappa shape index (κ2) is 10.1. The van der Waals surface area contributed by atoms with Crippen molar-refractivity contribution in [2.24, 2.45) is 10.2 Å². The average Bonchev–Trinajstić information content (AvgIpc) is 2.82. The second-order valence-corrected chi connectivity index (χ2v) is 7.69. The first-order valence-electron chi connectivity index (χ1n) is 10.2. The minimum absolute atomic E-state index is 0.00364. The summed E-state index contributed by atoms with van der Waals surface area (Å²) >= 11 is 6.20. The molecule has 0 fully saturated rings. The Kier molecular flexibility index (Phi) is 6.74. The highest BCUT2D eigenvalue weighted by molar-refractivity contribution is 6.32. The van der Waals surface area contributed by atoms with Crippen LogP contribution in [-0.4, -0.2) is 14.9 Å². The first kappa shape index (κ1) is 22.8. The fourth-order valence-electron chi connectivity index (χ4n) is 3.13. The minimum atomic E-state index is -0.588. The molecule has 0 saturated heterocycles. The molecule has 0 aliphatic heterocycles. The van der Waals surface area contributed by atoms with Gasteiger partial charge < -0.3 is 10.1 Å². The predicted molar refractivity (Wildman–Crippen MR) is 130 cm³/mol. The van der Waals surface area contributed by atoms with E-state index in [9.17, 15) is 10.1 Å². The normalized spacial score (nSPS) is 10.9. The standard InChI is InChI=1S/C24H19ClN6O3/c1-15-12-20(13-16(2)21(15)25)34-24-22(31(32)33)23(26-14-27-24)28-17-8-10-19(11-9-17)30-29-18-6-4-3-5-7-18/h3-14H,1-2H3,(H,26,27,28). The topological polar surface area (TPSA) is 115 Å². The van der Waals surface area contributed by atoms with Gasteiger partial charge >= 0.3 is 11.6 Å². The van der Waals surface area contributed by atoms with Gasteiger partial charge in [0.05, 0.1) is 16.3 Å². The van der Waals surface area contributed by atoms with E-state index in [1.165, 1.54) is 6.33 Å². The third-order valence-electron chi connectivity index (χ3n) is 4.76. The van der Waals surface area contributed by atoms with Crippen LogP contribution in [0.1, 0.15) is 11.1 Å². The summed E-state index contributed by atoms with van der Waals surface area (Å²) in [6, 6.07) is 19.6. The van der Waals surface area contributed by atoms with Gasteiger partial charge in [0.25, 0.3) is 0 Å². The molecule has 4 aromatic rings. The van der Waals surface area contributed by atoms with Crippen molar-refractivity contribution < 1.29 is 9.66 Å². The molecule has 0 bridgehead atoms. The molecule has 9 nitrogen and oxygen atoms in total. The van der Waals surface area contributed by atoms with Gasteiger partial charge in [-0.05, 0) is 73.5 Å². The summed E-state index contributed by atoms with van der Waals surface area (Å²) in [6.07, 6.45) is 1.20. The first-order chi connectivity index (χ1) is 16.4. The minimum Gasteiger partial charge on any atom is -0.434 e. The number of anilines is 2. The number of aryl methyl sites for hydroxylation is 2. The maximum Gasteiger partial charge on any atom is 0.373 e. The van der Waals surface area contributed by atoms with Crippen molar-refractivity contribution in [3.05, 3.63) is 99.3 Å². The molecule has 10 heteroatoms. The lowest BCUT2D eigenvalue weighted by Crippen LogP contribution is -2.03. The highest BCUT2D eigenvalue weighted by Crippen LogP contribution is 2.37. The van der Waals surface area contributed by atoms with Crippen LogP contribution in [0.25, 0.3) is 0 Å². The zero-order chi connectivity index (χ0) is 24.1. The lowest BCUT2D eigenvalue weighted by Gasteiger charge is -2.11. The SMILES string of the molecule is Cc1cc(Oc2ncnc(Nc3ccc(N=Nc4ccccc4)cc3)c2[N+](=O)[O-])cc(C)c1Cl. The van der Waals surface area contributed by atoms with Crippen molar-refractivity contribution in [1.82, 2.24) is 9.97 Å². The number of nitrogens with one attached hydrogen (secondary N) is 1. The number of hydrogen-bond acceptors (Lipinski definition) is 8. The van der Waals surface area contributed by atoms with Crippen LogP contribution in [-0.2, 0) is 0 Å². The summed E-state index contributed by atoms with van der Waals surface area (Å²) in [5.41, 5.74) is 3.13. The van der Waals surface area contributed by atoms with Gasteiger partial charge in [-0.3, -0.25) is 10.1 Å². The number of aromatic nitrogens is 2. The number of ether oxygens (including phenoxy) is 1. The van der Waals surface area contributed by atoms with E-state index in [2.05, 4.69) is 25.5 Å². The van der Waals surface area contributed by atoms with Gasteiger partial charge in [0, 0.05) is 10.7 Å². The molecule has 4 rings (SSSR count). The van der Waals surface area contributed by atoms with Gasteiger partial charge in [-0.25, -0.2) is 4.98 Å². The number of rotatable bonds is 7. The third-order valence-corrected chi connectivity index (χ3v) is 5.36. The maximum absolute atomic E-state index is 11.8. The number of nitro groups is 1. The van der Waals surface area contributed by atoms with Crippen molar-refractivity contribution in [3.8, 4) is 11.6 Å². The van der Waals surface area contributed by atoms with Crippen LogP contribution in [0.4, 0.5) is 28.6 Å². The van der Waals surface area contributed by atoms with E-state index in [4.69, 9.17) is 16.3 Å². The molecule has 0 radical (unpaired) electrons. The van der Waals surface area contributed by atoms with Crippen molar-refractivity contribution >= 4 is 40.2 Å². The number of halogens is 1. The zero-order valence-electron chi connectivity index (χ0n) is 18.3. The molecular weight excluding hydrogens is 456 g/mol. The van der Waals surface area contributed by atoms with Crippen molar-refractivity contribution in [3.63, 3.8) is 0 Å². The van der Waals surface area contributed by atoms with Gasteiger partial charge in [0.1, 0.15) is 12.1 Å². The molecule has 34 heavy (non-hydrogen) atoms. The second-order valence-electron chi connectivity index (χ2n) is 7.31. The molecule has 3 aromatic carbocycles. The molecule has 170 valence electrons. The highest BCUT2D eigenvalue weighted by Gasteiger charge is 2.25. The average molecular weight is 475 g/mol. The van der Waals surface area contributed by atoms with E-state index in [1.54, 1.807) is 36.4 Å². The van der Waals surface area contributed by atoms with E-state index < -0.39 is 4.92 Å². The molecule has 0 aliphatic rings. The first-order valence-corrected chi connectivity index (χ1v) is 10.6. The third kappa shape index (κ3) is 5.33. The van der Waals surface area contributed by atoms with E-state index in [-0.39, 0.29) is 17.4 Å². The summed E-state index contributed by atoms with van der Waals surface area (Å²) in [6.45, 7) is 3.65. The Morgan fingerprint density at radius 3 is 2.18 bits per heavy atom. The maximum atomic E-state index is 11.8. The summed E-state index contributed by atoms with van der Waals surface area (Å²) in [5.74, 6) is 0.202. The van der Waals surface area contributed by atoms with Gasteiger partial charge in [0.15, 0.2) is 0 Å². The molecule has 1 heterocycles. The van der Waals surface area contributed by atoms with E-state index in [1.807, 2.05) is 44.2 Å². The molecule has 1 N–H and O–H groups in total. The van der Waals surface area contributed by atoms with E-state index in [0.717, 1.165) is 16.8 Å². The largest absolute Gasteiger partial charge is 0.434 e. The van der Waals surface area contributed by atoms with Crippen molar-refractivity contribution in [2.45, 2.75) is 13.8 Å². The van der Waals surface area contributed by atoms with Crippen LogP contribution in [0.5, 0.6) is 11.6 Å². The Balaban J connectivity index is 1.56. The number of benzene rings is 3. The van der Waals surface area contributed by atoms with Crippen LogP contribution in [0.2, 0.25) is 5.02 Å². The molecular formula is C24H19ClN6O3. The highest BCUT2D eigenvalue weighted by atomic mass is 35.5. The fourth-order valence-corrected chi connectivity index (χ4v) is 3.24. The van der Waals surface area contributed by atoms with Crippen LogP contribution in [0.15, 0.2) is 83.3 Å². The van der Waals surface area contributed by atoms with Gasteiger partial charge in [-0.1, -0.05) is 29.8 Å². The van der Waals surface area contributed by atoms with Crippen LogP contribution < -0.4 is 10.1 Å². The molecule has 0 saturated carbocycles. The number of azo groups is 1. The van der Waals surface area contributed by atoms with E-state index in [0.29, 0.717) is 22.1 Å². The lowest BCUT2D eigenvalue weighted by molar-refractivity contribution is -0.385. The summed E-state index contributed by atoms with van der Waals surface area (Å²) in [4.78, 5) is 19.3. The molecule has 1 aromatic heterocycles. The lowest BCUT2D eigenvalue weighted by atomic mass is 10.1. The summed E-state index contributed by atoms with van der Waals surface area (Å²) in [5, 5.41) is 23.8. The van der Waals surface area contributed by atoms with Crippen molar-refractivity contribution in [1.29, 1.82) is 0 Å². The fraction of sp³-hybridized carbons (Fsp3) is 0.0833. The molecule has 0 aliphatic carbocycles. The van der Waals surface area contributed by atoms with E-state index >= 15 is 0 Å². The zero-order valence-corrected chi connectivity index (χ0v) is 19.0. The summed E-state index contributed by atoms with van der Waals surface area (Å²) < 4.78 is 5.74. The molecule has 0 spiro atoms. The smallest absolute Gasteiger partial charge is 0.373 e. The Labute approximate surface area is 200 Å². The molecule has 0 unspecified atom stereocenters. The Hall–Kier alpha value is -4.37. The molecule has 0 amide bonds. The van der Waals surface area contributed by atoms with Crippen molar-refractivity contribution in [2.75, 3.05) is 5.32 Å².